The zero-order valence-corrected chi connectivity index (χ0v) is 11.3. The highest BCUT2D eigenvalue weighted by molar-refractivity contribution is 9.09. The summed E-state index contributed by atoms with van der Waals surface area (Å²) in [5, 5.41) is 3.92. The van der Waals surface area contributed by atoms with Crippen molar-refractivity contribution in [3.8, 4) is 0 Å². The molecule has 0 aliphatic rings. The second-order valence-electron chi connectivity index (χ2n) is 3.67. The van der Waals surface area contributed by atoms with Crippen LogP contribution in [0.5, 0.6) is 0 Å². The van der Waals surface area contributed by atoms with E-state index in [2.05, 4.69) is 28.2 Å². The summed E-state index contributed by atoms with van der Waals surface area (Å²) < 4.78 is 5.24. The zero-order chi connectivity index (χ0) is 12.0. The van der Waals surface area contributed by atoms with E-state index in [1.165, 1.54) is 0 Å². The summed E-state index contributed by atoms with van der Waals surface area (Å²) in [5.41, 5.74) is 0.663. The maximum Gasteiger partial charge on any atom is 0.255 e. The van der Waals surface area contributed by atoms with Crippen LogP contribution in [-0.4, -0.2) is 17.3 Å². The lowest BCUT2D eigenvalue weighted by atomic mass is 10.1. The van der Waals surface area contributed by atoms with Gasteiger partial charge >= 0.3 is 0 Å². The van der Waals surface area contributed by atoms with Crippen LogP contribution in [-0.2, 0) is 6.42 Å². The second-order valence-corrected chi connectivity index (χ2v) is 4.46. The maximum absolute atomic E-state index is 11.9. The van der Waals surface area contributed by atoms with E-state index in [-0.39, 0.29) is 11.9 Å². The summed E-state index contributed by atoms with van der Waals surface area (Å²) in [6.45, 7) is 4.05. The molecule has 4 heteroatoms. The average molecular weight is 288 g/mol. The van der Waals surface area contributed by atoms with Gasteiger partial charge < -0.3 is 9.73 Å². The third kappa shape index (κ3) is 3.37. The Balaban J connectivity index is 2.64. The van der Waals surface area contributed by atoms with Crippen LogP contribution in [0.25, 0.3) is 0 Å². The lowest BCUT2D eigenvalue weighted by Gasteiger charge is -2.15. The van der Waals surface area contributed by atoms with Gasteiger partial charge in [-0.15, -0.1) is 0 Å². The fourth-order valence-electron chi connectivity index (χ4n) is 1.59. The summed E-state index contributed by atoms with van der Waals surface area (Å²) in [4.78, 5) is 11.9. The first-order valence-electron chi connectivity index (χ1n) is 5.66. The van der Waals surface area contributed by atoms with Crippen molar-refractivity contribution >= 4 is 21.8 Å². The van der Waals surface area contributed by atoms with E-state index in [4.69, 9.17) is 4.42 Å². The number of hydrogen-bond donors (Lipinski definition) is 1. The third-order valence-electron chi connectivity index (χ3n) is 2.60. The Morgan fingerprint density at radius 2 is 2.31 bits per heavy atom. The van der Waals surface area contributed by atoms with Gasteiger partial charge in [0.05, 0.1) is 11.8 Å². The molecule has 1 heterocycles. The van der Waals surface area contributed by atoms with Crippen LogP contribution < -0.4 is 5.32 Å². The standard InChI is InChI=1S/C12H18BrNO2/c1-3-9(5-7-13)14-12(15)10-6-8-16-11(10)4-2/h6,8-9H,3-5,7H2,1-2H3,(H,14,15). The molecule has 1 unspecified atom stereocenters. The van der Waals surface area contributed by atoms with Crippen molar-refractivity contribution in [2.45, 2.75) is 39.2 Å². The molecule has 0 saturated carbocycles. The van der Waals surface area contributed by atoms with Crippen molar-refractivity contribution in [3.63, 3.8) is 0 Å². The molecule has 1 N–H and O–H groups in total. The Kier molecular flexibility index (Phi) is 5.60. The number of aryl methyl sites for hydroxylation is 1. The molecule has 0 aliphatic carbocycles. The Labute approximate surface area is 105 Å². The smallest absolute Gasteiger partial charge is 0.255 e. The molecular formula is C12H18BrNO2. The molecule has 16 heavy (non-hydrogen) atoms. The van der Waals surface area contributed by atoms with Gasteiger partial charge in [0.2, 0.25) is 0 Å². The molecule has 90 valence electrons. The minimum atomic E-state index is -0.0293. The molecule has 1 amide bonds. The van der Waals surface area contributed by atoms with Gasteiger partial charge in [-0.3, -0.25) is 4.79 Å². The topological polar surface area (TPSA) is 42.2 Å². The molecule has 1 atom stereocenters. The summed E-state index contributed by atoms with van der Waals surface area (Å²) in [5.74, 6) is 0.726. The van der Waals surface area contributed by atoms with Gasteiger partial charge in [-0.05, 0) is 18.9 Å². The van der Waals surface area contributed by atoms with Crippen LogP contribution in [0, 0.1) is 0 Å². The lowest BCUT2D eigenvalue weighted by molar-refractivity contribution is 0.0933. The van der Waals surface area contributed by atoms with E-state index in [9.17, 15) is 4.79 Å². The summed E-state index contributed by atoms with van der Waals surface area (Å²) in [7, 11) is 0. The number of halogens is 1. The van der Waals surface area contributed by atoms with Crippen LogP contribution in [0.4, 0.5) is 0 Å². The number of alkyl halides is 1. The lowest BCUT2D eigenvalue weighted by Crippen LogP contribution is -2.34. The SMILES string of the molecule is CCc1occc1C(=O)NC(CC)CCBr. The summed E-state index contributed by atoms with van der Waals surface area (Å²) in [6, 6.07) is 1.96. The number of amides is 1. The highest BCUT2D eigenvalue weighted by Crippen LogP contribution is 2.12. The number of carbonyl (C=O) groups excluding carboxylic acids is 1. The second kappa shape index (κ2) is 6.74. The van der Waals surface area contributed by atoms with Crippen molar-refractivity contribution in [2.75, 3.05) is 5.33 Å². The highest BCUT2D eigenvalue weighted by atomic mass is 79.9. The van der Waals surface area contributed by atoms with Crippen LogP contribution in [0.1, 0.15) is 42.8 Å². The molecule has 1 aromatic heterocycles. The molecule has 0 spiro atoms. The predicted octanol–water partition coefficient (Wildman–Crippen LogP) is 3.14. The van der Waals surface area contributed by atoms with E-state index in [1.54, 1.807) is 12.3 Å². The molecule has 0 saturated heterocycles. The van der Waals surface area contributed by atoms with Crippen molar-refractivity contribution in [2.24, 2.45) is 0 Å². The van der Waals surface area contributed by atoms with Crippen LogP contribution in [0.3, 0.4) is 0 Å². The molecule has 0 aromatic carbocycles. The number of carbonyl (C=O) groups is 1. The monoisotopic (exact) mass is 287 g/mol. The third-order valence-corrected chi connectivity index (χ3v) is 3.05. The molecule has 0 fully saturated rings. The first-order valence-corrected chi connectivity index (χ1v) is 6.78. The fraction of sp³-hybridized carbons (Fsp3) is 0.583. The highest BCUT2D eigenvalue weighted by Gasteiger charge is 2.16. The molecular weight excluding hydrogens is 270 g/mol. The van der Waals surface area contributed by atoms with E-state index in [0.29, 0.717) is 5.56 Å². The zero-order valence-electron chi connectivity index (χ0n) is 9.75. The van der Waals surface area contributed by atoms with E-state index >= 15 is 0 Å². The van der Waals surface area contributed by atoms with Crippen molar-refractivity contribution < 1.29 is 9.21 Å². The molecule has 1 aromatic rings. The fourth-order valence-corrected chi connectivity index (χ4v) is 2.14. The minimum Gasteiger partial charge on any atom is -0.469 e. The Bertz CT molecular complexity index is 336. The summed E-state index contributed by atoms with van der Waals surface area (Å²) >= 11 is 3.39. The van der Waals surface area contributed by atoms with Gasteiger partial charge in [0, 0.05) is 17.8 Å². The van der Waals surface area contributed by atoms with Crippen molar-refractivity contribution in [1.82, 2.24) is 5.32 Å². The molecule has 1 rings (SSSR count). The number of hydrogen-bond acceptors (Lipinski definition) is 2. The van der Waals surface area contributed by atoms with Crippen LogP contribution >= 0.6 is 15.9 Å². The van der Waals surface area contributed by atoms with Crippen LogP contribution in [0.15, 0.2) is 16.7 Å². The average Bonchev–Trinajstić information content (AvgIpc) is 2.76. The number of furan rings is 1. The Hall–Kier alpha value is -0.770. The quantitative estimate of drug-likeness (QED) is 0.817. The van der Waals surface area contributed by atoms with Gasteiger partial charge in [-0.1, -0.05) is 29.8 Å². The molecule has 3 nitrogen and oxygen atoms in total. The van der Waals surface area contributed by atoms with Gasteiger partial charge in [0.1, 0.15) is 5.76 Å². The molecule has 0 aliphatic heterocycles. The van der Waals surface area contributed by atoms with E-state index < -0.39 is 0 Å². The normalized spacial score (nSPS) is 12.4. The predicted molar refractivity (Wildman–Crippen MR) is 68.0 cm³/mol. The van der Waals surface area contributed by atoms with Gasteiger partial charge in [-0.25, -0.2) is 0 Å². The Morgan fingerprint density at radius 3 is 2.88 bits per heavy atom. The molecule has 0 radical (unpaired) electrons. The summed E-state index contributed by atoms with van der Waals surface area (Å²) in [6.07, 6.45) is 4.20. The molecule has 0 bridgehead atoms. The maximum atomic E-state index is 11.9. The Morgan fingerprint density at radius 1 is 1.56 bits per heavy atom. The van der Waals surface area contributed by atoms with E-state index in [1.807, 2.05) is 6.92 Å². The first-order chi connectivity index (χ1) is 7.72. The van der Waals surface area contributed by atoms with Gasteiger partial charge in [-0.2, -0.15) is 0 Å². The van der Waals surface area contributed by atoms with Crippen molar-refractivity contribution in [3.05, 3.63) is 23.7 Å². The van der Waals surface area contributed by atoms with Crippen molar-refractivity contribution in [1.29, 1.82) is 0 Å². The van der Waals surface area contributed by atoms with E-state index in [0.717, 1.165) is 30.4 Å². The first kappa shape index (κ1) is 13.3. The number of rotatable bonds is 6. The van der Waals surface area contributed by atoms with Gasteiger partial charge in [0.25, 0.3) is 5.91 Å². The largest absolute Gasteiger partial charge is 0.469 e. The number of nitrogens with one attached hydrogen (secondary N) is 1. The van der Waals surface area contributed by atoms with Gasteiger partial charge in [0.15, 0.2) is 0 Å². The minimum absolute atomic E-state index is 0.0293. The van der Waals surface area contributed by atoms with Crippen LogP contribution in [0.2, 0.25) is 0 Å².